The van der Waals surface area contributed by atoms with Crippen molar-refractivity contribution >= 4 is 46.4 Å². The summed E-state index contributed by atoms with van der Waals surface area (Å²) in [4.78, 5) is 10.3. The highest BCUT2D eigenvalue weighted by molar-refractivity contribution is 7.99. The van der Waals surface area contributed by atoms with E-state index in [4.69, 9.17) is 32.9 Å². The van der Waals surface area contributed by atoms with Crippen LogP contribution in [0, 0.1) is 0 Å². The van der Waals surface area contributed by atoms with Gasteiger partial charge in [-0.05, 0) is 59.7 Å². The summed E-state index contributed by atoms with van der Waals surface area (Å²) in [6, 6.07) is 28.1. The molecule has 1 unspecified atom stereocenters. The van der Waals surface area contributed by atoms with E-state index < -0.39 is 0 Å². The lowest BCUT2D eigenvalue weighted by Crippen LogP contribution is -2.06. The smallest absolute Gasteiger partial charge is 0.129 e. The fourth-order valence-electron chi connectivity index (χ4n) is 3.70. The van der Waals surface area contributed by atoms with Crippen molar-refractivity contribution in [2.45, 2.75) is 23.2 Å². The van der Waals surface area contributed by atoms with Crippen molar-refractivity contribution in [2.24, 2.45) is 4.99 Å². The molecule has 0 fully saturated rings. The zero-order valence-corrected chi connectivity index (χ0v) is 19.9. The van der Waals surface area contributed by atoms with Gasteiger partial charge >= 0.3 is 0 Å². The van der Waals surface area contributed by atoms with Crippen molar-refractivity contribution in [3.05, 3.63) is 118 Å². The lowest BCUT2D eigenvalue weighted by molar-refractivity contribution is 0.306. The zero-order chi connectivity index (χ0) is 22.6. The summed E-state index contributed by atoms with van der Waals surface area (Å²) in [5.74, 6) is 0.792. The molecule has 5 rings (SSSR count). The van der Waals surface area contributed by atoms with E-state index in [9.17, 15) is 0 Å². The van der Waals surface area contributed by atoms with Crippen molar-refractivity contribution in [1.82, 2.24) is 4.98 Å². The zero-order valence-electron chi connectivity index (χ0n) is 17.6. The van der Waals surface area contributed by atoms with Gasteiger partial charge in [-0.3, -0.25) is 4.99 Å². The highest BCUT2D eigenvalue weighted by Gasteiger charge is 2.24. The van der Waals surface area contributed by atoms with E-state index in [-0.39, 0.29) is 5.25 Å². The molecule has 0 radical (unpaired) electrons. The highest BCUT2D eigenvalue weighted by atomic mass is 35.5. The summed E-state index contributed by atoms with van der Waals surface area (Å²) in [5, 5.41) is 1.44. The van der Waals surface area contributed by atoms with Crippen molar-refractivity contribution in [3.8, 4) is 5.75 Å². The molecule has 1 atom stereocenters. The van der Waals surface area contributed by atoms with Gasteiger partial charge in [0.1, 0.15) is 17.5 Å². The Morgan fingerprint density at radius 3 is 2.45 bits per heavy atom. The number of thioether (sulfide) groups is 1. The number of aliphatic imine (C=N–C) groups is 1. The van der Waals surface area contributed by atoms with Crippen molar-refractivity contribution in [3.63, 3.8) is 0 Å². The number of ether oxygens (including phenoxy) is 1. The van der Waals surface area contributed by atoms with Gasteiger partial charge in [-0.2, -0.15) is 0 Å². The number of pyridine rings is 1. The summed E-state index contributed by atoms with van der Waals surface area (Å²) in [7, 11) is 0. The summed E-state index contributed by atoms with van der Waals surface area (Å²) >= 11 is 14.2. The minimum atomic E-state index is 0.175. The molecule has 0 saturated carbocycles. The first-order valence-corrected chi connectivity index (χ1v) is 12.2. The van der Waals surface area contributed by atoms with Gasteiger partial charge in [0.25, 0.3) is 0 Å². The molecule has 1 aliphatic rings. The van der Waals surface area contributed by atoms with E-state index in [0.29, 0.717) is 11.8 Å². The Labute approximate surface area is 207 Å². The van der Waals surface area contributed by atoms with Gasteiger partial charge in [-0.1, -0.05) is 59.6 Å². The molecule has 4 aromatic rings. The Hall–Kier alpha value is -2.79. The van der Waals surface area contributed by atoms with Crippen LogP contribution in [-0.4, -0.2) is 10.7 Å². The third kappa shape index (κ3) is 5.25. The minimum absolute atomic E-state index is 0.175. The number of halogens is 2. The van der Waals surface area contributed by atoms with Gasteiger partial charge in [0.05, 0.1) is 5.69 Å². The van der Waals surface area contributed by atoms with Gasteiger partial charge in [-0.25, -0.2) is 4.98 Å². The molecule has 0 aliphatic carbocycles. The number of fused-ring (bicyclic) bond motifs is 1. The molecule has 0 bridgehead atoms. The first kappa shape index (κ1) is 22.0. The SMILES string of the molecule is Clc1ccc(COc2ccc(C3=Nc4ccccc4SC(c4ccccc4Cl)C3)cc2)cn1. The van der Waals surface area contributed by atoms with Crippen LogP contribution in [0.1, 0.15) is 28.4 Å². The molecular formula is C27H20Cl2N2OS. The molecule has 0 amide bonds. The molecule has 1 aromatic heterocycles. The molecule has 164 valence electrons. The van der Waals surface area contributed by atoms with E-state index in [1.807, 2.05) is 54.2 Å². The minimum Gasteiger partial charge on any atom is -0.489 e. The molecule has 33 heavy (non-hydrogen) atoms. The van der Waals surface area contributed by atoms with E-state index in [1.54, 1.807) is 12.3 Å². The van der Waals surface area contributed by atoms with Crippen LogP contribution in [0.4, 0.5) is 5.69 Å². The standard InChI is InChI=1S/C27H20Cl2N2OS/c28-22-6-2-1-5-21(22)26-15-24(31-23-7-3-4-8-25(23)33-26)19-10-12-20(13-11-19)32-17-18-9-14-27(29)30-16-18/h1-14,16,26H,15,17H2. The summed E-state index contributed by atoms with van der Waals surface area (Å²) in [5.41, 5.74) is 5.19. The molecule has 3 aromatic carbocycles. The number of hydrogen-bond acceptors (Lipinski definition) is 4. The molecule has 0 saturated heterocycles. The Balaban J connectivity index is 1.40. The highest BCUT2D eigenvalue weighted by Crippen LogP contribution is 2.47. The van der Waals surface area contributed by atoms with Crippen LogP contribution < -0.4 is 4.74 Å². The van der Waals surface area contributed by atoms with E-state index in [0.717, 1.165) is 50.2 Å². The number of para-hydroxylation sites is 1. The van der Waals surface area contributed by atoms with Gasteiger partial charge in [0.15, 0.2) is 0 Å². The van der Waals surface area contributed by atoms with Crippen molar-refractivity contribution in [1.29, 1.82) is 0 Å². The van der Waals surface area contributed by atoms with Crippen molar-refractivity contribution in [2.75, 3.05) is 0 Å². The van der Waals surface area contributed by atoms with Crippen molar-refractivity contribution < 1.29 is 4.74 Å². The monoisotopic (exact) mass is 490 g/mol. The first-order chi connectivity index (χ1) is 16.2. The van der Waals surface area contributed by atoms with Gasteiger partial charge in [-0.15, -0.1) is 11.8 Å². The van der Waals surface area contributed by atoms with Gasteiger partial charge < -0.3 is 4.74 Å². The van der Waals surface area contributed by atoms with Crippen LogP contribution in [0.2, 0.25) is 10.2 Å². The Kier molecular flexibility index (Phi) is 6.68. The van der Waals surface area contributed by atoms with Crippen LogP contribution in [0.3, 0.4) is 0 Å². The van der Waals surface area contributed by atoms with Crippen LogP contribution in [0.5, 0.6) is 5.75 Å². The first-order valence-electron chi connectivity index (χ1n) is 10.6. The maximum absolute atomic E-state index is 6.56. The maximum Gasteiger partial charge on any atom is 0.129 e. The molecule has 3 nitrogen and oxygen atoms in total. The predicted octanol–water partition coefficient (Wildman–Crippen LogP) is 8.33. The second-order valence-electron chi connectivity index (χ2n) is 7.66. The molecule has 2 heterocycles. The molecule has 0 spiro atoms. The summed E-state index contributed by atoms with van der Waals surface area (Å²) in [6.45, 7) is 0.434. The lowest BCUT2D eigenvalue weighted by Gasteiger charge is -2.17. The fourth-order valence-corrected chi connectivity index (χ4v) is 5.42. The predicted molar refractivity (Wildman–Crippen MR) is 137 cm³/mol. The second kappa shape index (κ2) is 10.0. The van der Waals surface area contributed by atoms with Gasteiger partial charge in [0.2, 0.25) is 0 Å². The van der Waals surface area contributed by atoms with E-state index >= 15 is 0 Å². The Bertz CT molecular complexity index is 1290. The lowest BCUT2D eigenvalue weighted by atomic mass is 10.0. The van der Waals surface area contributed by atoms with Crippen LogP contribution >= 0.6 is 35.0 Å². The molecular weight excluding hydrogens is 471 g/mol. The number of aromatic nitrogens is 1. The number of nitrogens with zero attached hydrogens (tertiary/aromatic N) is 2. The molecule has 1 aliphatic heterocycles. The average molecular weight is 491 g/mol. The normalized spacial score (nSPS) is 15.3. The summed E-state index contributed by atoms with van der Waals surface area (Å²) < 4.78 is 5.92. The maximum atomic E-state index is 6.56. The topological polar surface area (TPSA) is 34.5 Å². The van der Waals surface area contributed by atoms with E-state index in [1.165, 1.54) is 0 Å². The molecule has 0 N–H and O–H groups in total. The average Bonchev–Trinajstić information content (AvgIpc) is 3.04. The largest absolute Gasteiger partial charge is 0.489 e. The fraction of sp³-hybridized carbons (Fsp3) is 0.111. The quantitative estimate of drug-likeness (QED) is 0.263. The van der Waals surface area contributed by atoms with E-state index in [2.05, 4.69) is 41.4 Å². The summed E-state index contributed by atoms with van der Waals surface area (Å²) in [6.07, 6.45) is 2.50. The van der Waals surface area contributed by atoms with Crippen LogP contribution in [0.25, 0.3) is 0 Å². The number of benzene rings is 3. The third-order valence-corrected chi connectivity index (χ3v) is 7.27. The van der Waals surface area contributed by atoms with Crippen LogP contribution in [0.15, 0.2) is 101 Å². The molecule has 6 heteroatoms. The van der Waals surface area contributed by atoms with Gasteiger partial charge in [0, 0.05) is 39.1 Å². The third-order valence-electron chi connectivity index (χ3n) is 5.40. The Morgan fingerprint density at radius 1 is 0.879 bits per heavy atom. The number of rotatable bonds is 5. The van der Waals surface area contributed by atoms with Crippen LogP contribution in [-0.2, 0) is 6.61 Å². The number of hydrogen-bond donors (Lipinski definition) is 0. The second-order valence-corrected chi connectivity index (χ2v) is 9.70. The Morgan fingerprint density at radius 2 is 1.67 bits per heavy atom.